The summed E-state index contributed by atoms with van der Waals surface area (Å²) in [5.41, 5.74) is 0.0688. The molecule has 0 atom stereocenters. The van der Waals surface area contributed by atoms with E-state index in [0.717, 1.165) is 4.90 Å². The van der Waals surface area contributed by atoms with Crippen molar-refractivity contribution in [3.05, 3.63) is 89.0 Å². The van der Waals surface area contributed by atoms with Crippen LogP contribution in [-0.4, -0.2) is 4.92 Å². The van der Waals surface area contributed by atoms with Crippen LogP contribution in [0.4, 0.5) is 5.69 Å². The molecule has 114 valence electrons. The van der Waals surface area contributed by atoms with Crippen LogP contribution in [0.2, 0.25) is 0 Å². The Hall–Kier alpha value is -2.79. The third-order valence-corrected chi connectivity index (χ3v) is 4.13. The first-order chi connectivity index (χ1) is 11.2. The highest BCUT2D eigenvalue weighted by Gasteiger charge is 2.16. The fourth-order valence-electron chi connectivity index (χ4n) is 2.03. The van der Waals surface area contributed by atoms with Crippen molar-refractivity contribution in [1.82, 2.24) is 0 Å². The number of benzene rings is 3. The third-order valence-electron chi connectivity index (χ3n) is 3.08. The molecule has 0 spiro atoms. The van der Waals surface area contributed by atoms with Crippen LogP contribution in [0, 0.1) is 10.1 Å². The molecule has 0 heterocycles. The van der Waals surface area contributed by atoms with Gasteiger partial charge in [-0.1, -0.05) is 48.2 Å². The summed E-state index contributed by atoms with van der Waals surface area (Å²) in [5.74, 6) is 1.26. The Kier molecular flexibility index (Phi) is 4.59. The van der Waals surface area contributed by atoms with Crippen LogP contribution in [0.3, 0.4) is 0 Å². The molecule has 3 aromatic rings. The van der Waals surface area contributed by atoms with Gasteiger partial charge in [0.25, 0.3) is 5.69 Å². The first-order valence-electron chi connectivity index (χ1n) is 6.96. The Bertz CT molecular complexity index is 807. The SMILES string of the molecule is O=[N+]([O-])c1ccc(Oc2ccccc2)cc1Sc1ccccc1. The van der Waals surface area contributed by atoms with Crippen molar-refractivity contribution in [1.29, 1.82) is 0 Å². The van der Waals surface area contributed by atoms with Gasteiger partial charge in [0, 0.05) is 17.0 Å². The second-order valence-electron chi connectivity index (χ2n) is 4.72. The Labute approximate surface area is 137 Å². The molecule has 0 aliphatic heterocycles. The molecule has 0 saturated heterocycles. The van der Waals surface area contributed by atoms with Crippen molar-refractivity contribution >= 4 is 17.4 Å². The Morgan fingerprint density at radius 2 is 1.48 bits per heavy atom. The summed E-state index contributed by atoms with van der Waals surface area (Å²) in [4.78, 5) is 12.3. The monoisotopic (exact) mass is 323 g/mol. The van der Waals surface area contributed by atoms with E-state index in [2.05, 4.69) is 0 Å². The van der Waals surface area contributed by atoms with Crippen molar-refractivity contribution in [3.63, 3.8) is 0 Å². The Balaban J connectivity index is 1.91. The maximum absolute atomic E-state index is 11.2. The van der Waals surface area contributed by atoms with Crippen molar-refractivity contribution < 1.29 is 9.66 Å². The number of hydrogen-bond acceptors (Lipinski definition) is 4. The number of hydrogen-bond donors (Lipinski definition) is 0. The zero-order valence-electron chi connectivity index (χ0n) is 12.1. The predicted molar refractivity (Wildman–Crippen MR) is 90.2 cm³/mol. The molecule has 0 aromatic heterocycles. The Morgan fingerprint density at radius 1 is 0.826 bits per heavy atom. The molecular weight excluding hydrogens is 310 g/mol. The zero-order chi connectivity index (χ0) is 16.1. The third kappa shape index (κ3) is 3.90. The van der Waals surface area contributed by atoms with Gasteiger partial charge in [-0.15, -0.1) is 0 Å². The molecule has 0 aliphatic carbocycles. The molecule has 0 amide bonds. The minimum atomic E-state index is -0.377. The quantitative estimate of drug-likeness (QED) is 0.457. The van der Waals surface area contributed by atoms with Gasteiger partial charge in [-0.25, -0.2) is 0 Å². The number of rotatable bonds is 5. The van der Waals surface area contributed by atoms with Gasteiger partial charge in [0.1, 0.15) is 11.5 Å². The van der Waals surface area contributed by atoms with Crippen LogP contribution in [0.15, 0.2) is 88.7 Å². The largest absolute Gasteiger partial charge is 0.457 e. The second kappa shape index (κ2) is 6.98. The summed E-state index contributed by atoms with van der Waals surface area (Å²) in [6, 6.07) is 23.7. The summed E-state index contributed by atoms with van der Waals surface area (Å²) >= 11 is 1.35. The zero-order valence-corrected chi connectivity index (χ0v) is 12.9. The molecule has 0 bridgehead atoms. The van der Waals surface area contributed by atoms with E-state index in [1.54, 1.807) is 12.1 Å². The van der Waals surface area contributed by atoms with Gasteiger partial charge in [-0.2, -0.15) is 0 Å². The van der Waals surface area contributed by atoms with Crippen LogP contribution in [-0.2, 0) is 0 Å². The van der Waals surface area contributed by atoms with E-state index in [-0.39, 0.29) is 10.6 Å². The van der Waals surface area contributed by atoms with E-state index in [4.69, 9.17) is 4.74 Å². The molecule has 0 fully saturated rings. The molecule has 4 nitrogen and oxygen atoms in total. The number of para-hydroxylation sites is 1. The van der Waals surface area contributed by atoms with Crippen molar-refractivity contribution in [2.45, 2.75) is 9.79 Å². The molecule has 5 heteroatoms. The highest BCUT2D eigenvalue weighted by atomic mass is 32.2. The summed E-state index contributed by atoms with van der Waals surface area (Å²) < 4.78 is 5.76. The van der Waals surface area contributed by atoms with Crippen LogP contribution >= 0.6 is 11.8 Å². The van der Waals surface area contributed by atoms with Gasteiger partial charge >= 0.3 is 0 Å². The topological polar surface area (TPSA) is 52.4 Å². The molecular formula is C18H13NO3S. The van der Waals surface area contributed by atoms with Gasteiger partial charge in [0.2, 0.25) is 0 Å². The first-order valence-corrected chi connectivity index (χ1v) is 7.78. The minimum absolute atomic E-state index is 0.0688. The number of nitrogens with zero attached hydrogens (tertiary/aromatic N) is 1. The molecule has 0 N–H and O–H groups in total. The Morgan fingerprint density at radius 3 is 2.13 bits per heavy atom. The molecule has 0 saturated carbocycles. The summed E-state index contributed by atoms with van der Waals surface area (Å²) in [6.07, 6.45) is 0. The van der Waals surface area contributed by atoms with Crippen LogP contribution in [0.25, 0.3) is 0 Å². The van der Waals surface area contributed by atoms with Gasteiger partial charge in [0.15, 0.2) is 0 Å². The van der Waals surface area contributed by atoms with Gasteiger partial charge in [-0.3, -0.25) is 10.1 Å². The fourth-order valence-corrected chi connectivity index (χ4v) is 3.00. The first kappa shape index (κ1) is 15.1. The van der Waals surface area contributed by atoms with Crippen molar-refractivity contribution in [2.24, 2.45) is 0 Å². The lowest BCUT2D eigenvalue weighted by molar-refractivity contribution is -0.387. The van der Waals surface area contributed by atoms with E-state index in [1.165, 1.54) is 17.8 Å². The molecule has 3 rings (SSSR count). The molecule has 23 heavy (non-hydrogen) atoms. The van der Waals surface area contributed by atoms with Crippen molar-refractivity contribution in [3.8, 4) is 11.5 Å². The normalized spacial score (nSPS) is 10.3. The van der Waals surface area contributed by atoms with E-state index in [9.17, 15) is 10.1 Å². The van der Waals surface area contributed by atoms with Gasteiger partial charge in [-0.05, 0) is 30.3 Å². The minimum Gasteiger partial charge on any atom is -0.457 e. The average molecular weight is 323 g/mol. The van der Waals surface area contributed by atoms with E-state index in [0.29, 0.717) is 16.4 Å². The number of ether oxygens (including phenoxy) is 1. The van der Waals surface area contributed by atoms with E-state index in [1.807, 2.05) is 60.7 Å². The molecule has 3 aromatic carbocycles. The maximum atomic E-state index is 11.2. The lowest BCUT2D eigenvalue weighted by atomic mass is 10.3. The van der Waals surface area contributed by atoms with Gasteiger partial charge < -0.3 is 4.74 Å². The lowest BCUT2D eigenvalue weighted by Crippen LogP contribution is -1.92. The summed E-state index contributed by atoms with van der Waals surface area (Å²) in [5, 5.41) is 11.2. The van der Waals surface area contributed by atoms with Crippen molar-refractivity contribution in [2.75, 3.05) is 0 Å². The fraction of sp³-hybridized carbons (Fsp3) is 0. The van der Waals surface area contributed by atoms with E-state index >= 15 is 0 Å². The van der Waals surface area contributed by atoms with E-state index < -0.39 is 0 Å². The highest BCUT2D eigenvalue weighted by molar-refractivity contribution is 7.99. The highest BCUT2D eigenvalue weighted by Crippen LogP contribution is 2.38. The standard InChI is InChI=1S/C18H13NO3S/c20-19(21)17-12-11-15(22-14-7-3-1-4-8-14)13-18(17)23-16-9-5-2-6-10-16/h1-13H. The number of nitro groups is 1. The summed E-state index contributed by atoms with van der Waals surface area (Å²) in [6.45, 7) is 0. The lowest BCUT2D eigenvalue weighted by Gasteiger charge is -2.08. The number of nitro benzene ring substituents is 1. The molecule has 0 unspecified atom stereocenters. The average Bonchev–Trinajstić information content (AvgIpc) is 2.57. The molecule has 0 radical (unpaired) electrons. The van der Waals surface area contributed by atoms with Crippen LogP contribution in [0.1, 0.15) is 0 Å². The van der Waals surface area contributed by atoms with Crippen LogP contribution < -0.4 is 4.74 Å². The summed E-state index contributed by atoms with van der Waals surface area (Å²) in [7, 11) is 0. The van der Waals surface area contributed by atoms with Crippen LogP contribution in [0.5, 0.6) is 11.5 Å². The second-order valence-corrected chi connectivity index (χ2v) is 5.83. The predicted octanol–water partition coefficient (Wildman–Crippen LogP) is 5.54. The molecule has 0 aliphatic rings. The maximum Gasteiger partial charge on any atom is 0.283 e. The van der Waals surface area contributed by atoms with Gasteiger partial charge in [0.05, 0.1) is 9.82 Å². The smallest absolute Gasteiger partial charge is 0.283 e.